The average Bonchev–Trinajstić information content (AvgIpc) is 2.98. The van der Waals surface area contributed by atoms with Crippen molar-refractivity contribution in [3.05, 3.63) is 64.2 Å². The standard InChI is InChI=1S/C27H39ClN2O3S/c1-21(2)9-7-10-22(3)11-8-12-23(4)18-20-30(26-13-5-6-19-29-27(26)31)34(32,33)25-16-14-24(28)15-17-25/h9,11,14-18,26H,5-8,10,12-13,19-20H2,1-4H3,(H,29,31)/b22-11+,23-18+. The van der Waals surface area contributed by atoms with Crippen molar-refractivity contribution in [2.45, 2.75) is 83.6 Å². The summed E-state index contributed by atoms with van der Waals surface area (Å²) in [5.41, 5.74) is 3.82. The van der Waals surface area contributed by atoms with Gasteiger partial charge in [0.05, 0.1) is 4.90 Å². The molecule has 7 heteroatoms. The molecular formula is C27H39ClN2O3S. The molecule has 1 aliphatic rings. The monoisotopic (exact) mass is 506 g/mol. The Kier molecular flexibility index (Phi) is 11.6. The number of nitrogens with zero attached hydrogens (tertiary/aromatic N) is 1. The fourth-order valence-electron chi connectivity index (χ4n) is 3.92. The van der Waals surface area contributed by atoms with Gasteiger partial charge in [-0.05, 0) is 96.9 Å². The predicted molar refractivity (Wildman–Crippen MR) is 141 cm³/mol. The molecule has 0 spiro atoms. The molecule has 5 nitrogen and oxygen atoms in total. The van der Waals surface area contributed by atoms with Crippen LogP contribution in [0.3, 0.4) is 0 Å². The summed E-state index contributed by atoms with van der Waals surface area (Å²) in [5, 5.41) is 3.34. The second-order valence-corrected chi connectivity index (χ2v) is 11.6. The Labute approximate surface area is 211 Å². The van der Waals surface area contributed by atoms with Crippen molar-refractivity contribution in [2.24, 2.45) is 0 Å². The van der Waals surface area contributed by atoms with Gasteiger partial charge in [-0.3, -0.25) is 4.79 Å². The van der Waals surface area contributed by atoms with E-state index in [1.807, 2.05) is 13.0 Å². The van der Waals surface area contributed by atoms with Crippen molar-refractivity contribution in [1.29, 1.82) is 0 Å². The van der Waals surface area contributed by atoms with Gasteiger partial charge in [0.1, 0.15) is 6.04 Å². The Bertz CT molecular complexity index is 1010. The summed E-state index contributed by atoms with van der Waals surface area (Å²) < 4.78 is 28.4. The van der Waals surface area contributed by atoms with E-state index in [0.29, 0.717) is 18.0 Å². The summed E-state index contributed by atoms with van der Waals surface area (Å²) in [6.07, 6.45) is 12.5. The fourth-order valence-corrected chi connectivity index (χ4v) is 5.60. The van der Waals surface area contributed by atoms with E-state index >= 15 is 0 Å². The molecule has 1 saturated heterocycles. The molecule has 0 radical (unpaired) electrons. The summed E-state index contributed by atoms with van der Waals surface area (Å²) in [6.45, 7) is 9.15. The third-order valence-corrected chi connectivity index (χ3v) is 8.16. The number of amides is 1. The quantitative estimate of drug-likeness (QED) is 0.352. The molecule has 1 unspecified atom stereocenters. The van der Waals surface area contributed by atoms with E-state index in [1.165, 1.54) is 27.6 Å². The maximum atomic E-state index is 13.5. The highest BCUT2D eigenvalue weighted by molar-refractivity contribution is 7.89. The molecule has 2 rings (SSSR count). The zero-order valence-corrected chi connectivity index (χ0v) is 22.5. The first kappa shape index (κ1) is 28.3. The minimum absolute atomic E-state index is 0.148. The Hall–Kier alpha value is -1.89. The third-order valence-electron chi connectivity index (χ3n) is 6.02. The predicted octanol–water partition coefficient (Wildman–Crippen LogP) is 6.42. The first-order valence-electron chi connectivity index (χ1n) is 12.1. The minimum atomic E-state index is -3.86. The van der Waals surface area contributed by atoms with Crippen molar-refractivity contribution in [2.75, 3.05) is 13.1 Å². The minimum Gasteiger partial charge on any atom is -0.355 e. The smallest absolute Gasteiger partial charge is 0.244 e. The van der Waals surface area contributed by atoms with E-state index in [0.717, 1.165) is 44.1 Å². The van der Waals surface area contributed by atoms with Gasteiger partial charge in [-0.2, -0.15) is 4.31 Å². The SMILES string of the molecule is CC(C)=CCC/C(C)=C/CC/C(C)=C/CN(C1CCCCNC1=O)S(=O)(=O)c1ccc(Cl)cc1. The van der Waals surface area contributed by atoms with Gasteiger partial charge >= 0.3 is 0 Å². The van der Waals surface area contributed by atoms with Gasteiger partial charge in [-0.15, -0.1) is 0 Å². The maximum absolute atomic E-state index is 13.5. The molecule has 1 aromatic carbocycles. The molecule has 1 atom stereocenters. The number of carbonyl (C=O) groups is 1. The van der Waals surface area contributed by atoms with Crippen molar-refractivity contribution in [1.82, 2.24) is 9.62 Å². The molecule has 0 saturated carbocycles. The van der Waals surface area contributed by atoms with E-state index < -0.39 is 16.1 Å². The van der Waals surface area contributed by atoms with Crippen LogP contribution in [-0.4, -0.2) is 37.8 Å². The largest absolute Gasteiger partial charge is 0.355 e. The van der Waals surface area contributed by atoms with E-state index in [-0.39, 0.29) is 17.3 Å². The molecule has 0 aliphatic carbocycles. The van der Waals surface area contributed by atoms with E-state index in [1.54, 1.807) is 12.1 Å². The number of hydrogen-bond donors (Lipinski definition) is 1. The fraction of sp³-hybridized carbons (Fsp3) is 0.519. The number of sulfonamides is 1. The Balaban J connectivity index is 2.15. The van der Waals surface area contributed by atoms with Crippen molar-refractivity contribution >= 4 is 27.5 Å². The first-order chi connectivity index (χ1) is 16.1. The van der Waals surface area contributed by atoms with E-state index in [9.17, 15) is 13.2 Å². The normalized spacial score (nSPS) is 17.9. The molecule has 1 aliphatic heterocycles. The molecule has 1 amide bonds. The molecule has 1 N–H and O–H groups in total. The van der Waals surface area contributed by atoms with Gasteiger partial charge < -0.3 is 5.32 Å². The van der Waals surface area contributed by atoms with Crippen LogP contribution in [-0.2, 0) is 14.8 Å². The molecule has 0 aromatic heterocycles. The van der Waals surface area contributed by atoms with Gasteiger partial charge in [0, 0.05) is 18.1 Å². The second kappa shape index (κ2) is 13.9. The third kappa shape index (κ3) is 9.05. The summed E-state index contributed by atoms with van der Waals surface area (Å²) in [7, 11) is -3.86. The van der Waals surface area contributed by atoms with Gasteiger partial charge in [0.25, 0.3) is 0 Å². The van der Waals surface area contributed by atoms with Crippen molar-refractivity contribution in [3.63, 3.8) is 0 Å². The maximum Gasteiger partial charge on any atom is 0.244 e. The Morgan fingerprint density at radius 2 is 1.62 bits per heavy atom. The molecule has 1 aromatic rings. The number of benzene rings is 1. The lowest BCUT2D eigenvalue weighted by atomic mass is 10.1. The van der Waals surface area contributed by atoms with Gasteiger partial charge in [0.2, 0.25) is 15.9 Å². The zero-order chi connectivity index (χ0) is 25.1. The van der Waals surface area contributed by atoms with Crippen LogP contribution in [0.5, 0.6) is 0 Å². The number of halogens is 1. The zero-order valence-electron chi connectivity index (χ0n) is 20.9. The Morgan fingerprint density at radius 1 is 1.00 bits per heavy atom. The lowest BCUT2D eigenvalue weighted by Crippen LogP contribution is -2.48. The van der Waals surface area contributed by atoms with Crippen molar-refractivity contribution in [3.8, 4) is 0 Å². The summed E-state index contributed by atoms with van der Waals surface area (Å²) in [4.78, 5) is 12.9. The highest BCUT2D eigenvalue weighted by Crippen LogP contribution is 2.24. The highest BCUT2D eigenvalue weighted by atomic mass is 35.5. The molecule has 1 fully saturated rings. The first-order valence-corrected chi connectivity index (χ1v) is 13.9. The number of hydrogen-bond acceptors (Lipinski definition) is 3. The van der Waals surface area contributed by atoms with E-state index in [4.69, 9.17) is 11.6 Å². The van der Waals surface area contributed by atoms with Gasteiger partial charge in [0.15, 0.2) is 0 Å². The van der Waals surface area contributed by atoms with Crippen LogP contribution in [0.2, 0.25) is 5.02 Å². The molecular weight excluding hydrogens is 468 g/mol. The number of allylic oxidation sites excluding steroid dienone is 5. The average molecular weight is 507 g/mol. The van der Waals surface area contributed by atoms with Gasteiger partial charge in [-0.1, -0.05) is 46.5 Å². The number of carbonyl (C=O) groups excluding carboxylic acids is 1. The van der Waals surface area contributed by atoms with Crippen molar-refractivity contribution < 1.29 is 13.2 Å². The molecule has 1 heterocycles. The van der Waals surface area contributed by atoms with E-state index in [2.05, 4.69) is 38.2 Å². The van der Waals surface area contributed by atoms with Crippen LogP contribution < -0.4 is 5.32 Å². The summed E-state index contributed by atoms with van der Waals surface area (Å²) in [6, 6.07) is 5.40. The summed E-state index contributed by atoms with van der Waals surface area (Å²) in [5.74, 6) is -0.226. The molecule has 188 valence electrons. The van der Waals surface area contributed by atoms with Crippen LogP contribution in [0.15, 0.2) is 64.1 Å². The summed E-state index contributed by atoms with van der Waals surface area (Å²) >= 11 is 5.96. The van der Waals surface area contributed by atoms with Crippen LogP contribution in [0, 0.1) is 0 Å². The molecule has 0 bridgehead atoms. The van der Waals surface area contributed by atoms with Crippen LogP contribution in [0.25, 0.3) is 0 Å². The second-order valence-electron chi connectivity index (χ2n) is 9.29. The number of nitrogens with one attached hydrogen (secondary N) is 1. The van der Waals surface area contributed by atoms with Crippen LogP contribution in [0.4, 0.5) is 0 Å². The highest BCUT2D eigenvalue weighted by Gasteiger charge is 2.35. The topological polar surface area (TPSA) is 66.5 Å². The van der Waals surface area contributed by atoms with Gasteiger partial charge in [-0.25, -0.2) is 8.42 Å². The van der Waals surface area contributed by atoms with Crippen LogP contribution in [0.1, 0.15) is 72.6 Å². The van der Waals surface area contributed by atoms with Crippen LogP contribution >= 0.6 is 11.6 Å². The number of rotatable bonds is 11. The molecule has 34 heavy (non-hydrogen) atoms. The lowest BCUT2D eigenvalue weighted by molar-refractivity contribution is -0.124. The lowest BCUT2D eigenvalue weighted by Gasteiger charge is -2.28. The Morgan fingerprint density at radius 3 is 2.26 bits per heavy atom.